The highest BCUT2D eigenvalue weighted by Crippen LogP contribution is 2.12. The zero-order valence-electron chi connectivity index (χ0n) is 10.4. The number of methoxy groups -OCH3 is 1. The number of hydrogen-bond acceptors (Lipinski definition) is 4. The third-order valence-electron chi connectivity index (χ3n) is 2.77. The van der Waals surface area contributed by atoms with Gasteiger partial charge in [-0.25, -0.2) is 4.98 Å². The second-order valence-corrected chi connectivity index (χ2v) is 3.99. The fraction of sp³-hybridized carbons (Fsp3) is 0.500. The van der Waals surface area contributed by atoms with Crippen LogP contribution in [-0.2, 0) is 4.79 Å². The average molecular weight is 237 g/mol. The lowest BCUT2D eigenvalue weighted by Crippen LogP contribution is -2.40. The number of pyridine rings is 1. The second kappa shape index (κ2) is 6.20. The molecule has 94 valence electrons. The Hall–Kier alpha value is -1.62. The first-order valence-electron chi connectivity index (χ1n) is 5.65. The Morgan fingerprint density at radius 1 is 1.59 bits per heavy atom. The minimum absolute atomic E-state index is 0.154. The summed E-state index contributed by atoms with van der Waals surface area (Å²) >= 11 is 0. The number of amides is 1. The van der Waals surface area contributed by atoms with Crippen molar-refractivity contribution in [2.75, 3.05) is 12.4 Å². The summed E-state index contributed by atoms with van der Waals surface area (Å²) < 4.78 is 4.93. The number of hydrogen-bond donors (Lipinski definition) is 2. The molecule has 1 heterocycles. The molecule has 1 rings (SSSR count). The first kappa shape index (κ1) is 13.4. The summed E-state index contributed by atoms with van der Waals surface area (Å²) in [6.45, 7) is 3.96. The van der Waals surface area contributed by atoms with Gasteiger partial charge in [-0.2, -0.15) is 0 Å². The van der Waals surface area contributed by atoms with Crippen LogP contribution in [0.2, 0.25) is 0 Å². The molecule has 0 unspecified atom stereocenters. The Morgan fingerprint density at radius 3 is 2.76 bits per heavy atom. The molecule has 0 radical (unpaired) electrons. The number of carbonyl (C=O) groups is 1. The number of nitrogens with zero attached hydrogens (tertiary/aromatic N) is 1. The molecule has 17 heavy (non-hydrogen) atoms. The van der Waals surface area contributed by atoms with Crippen LogP contribution in [0.15, 0.2) is 18.3 Å². The zero-order valence-corrected chi connectivity index (χ0v) is 10.4. The molecule has 0 saturated heterocycles. The lowest BCUT2D eigenvalue weighted by Gasteiger charge is -2.17. The second-order valence-electron chi connectivity index (χ2n) is 3.99. The van der Waals surface area contributed by atoms with Gasteiger partial charge in [-0.05, 0) is 12.0 Å². The van der Waals surface area contributed by atoms with Crippen LogP contribution in [0.3, 0.4) is 0 Å². The number of anilines is 1. The fourth-order valence-electron chi connectivity index (χ4n) is 1.31. The van der Waals surface area contributed by atoms with E-state index in [1.807, 2.05) is 13.8 Å². The standard InChI is InChI=1S/C12H19N3O2/c1-4-8(2)11(13)12(16)15-9-5-6-10(17-3)14-7-9/h5-8,11H,4,13H2,1-3H3,(H,15,16)/t8-,11-/m0/s1. The van der Waals surface area contributed by atoms with Gasteiger partial charge in [0.25, 0.3) is 0 Å². The molecule has 5 heteroatoms. The van der Waals surface area contributed by atoms with Crippen molar-refractivity contribution in [3.63, 3.8) is 0 Å². The molecule has 1 aromatic heterocycles. The summed E-state index contributed by atoms with van der Waals surface area (Å²) in [6, 6.07) is 2.92. The molecule has 2 atom stereocenters. The van der Waals surface area contributed by atoms with E-state index in [1.54, 1.807) is 25.4 Å². The van der Waals surface area contributed by atoms with Crippen LogP contribution < -0.4 is 15.8 Å². The zero-order chi connectivity index (χ0) is 12.8. The van der Waals surface area contributed by atoms with Crippen LogP contribution >= 0.6 is 0 Å². The van der Waals surface area contributed by atoms with Crippen LogP contribution in [0.25, 0.3) is 0 Å². The molecule has 0 aromatic carbocycles. The number of aromatic nitrogens is 1. The van der Waals surface area contributed by atoms with Crippen LogP contribution in [0.1, 0.15) is 20.3 Å². The van der Waals surface area contributed by atoms with Crippen molar-refractivity contribution in [3.05, 3.63) is 18.3 Å². The van der Waals surface area contributed by atoms with Crippen LogP contribution in [0.5, 0.6) is 5.88 Å². The van der Waals surface area contributed by atoms with Crippen molar-refractivity contribution < 1.29 is 9.53 Å². The number of nitrogens with two attached hydrogens (primary N) is 1. The summed E-state index contributed by atoms with van der Waals surface area (Å²) in [6.07, 6.45) is 2.41. The third-order valence-corrected chi connectivity index (χ3v) is 2.77. The highest BCUT2D eigenvalue weighted by molar-refractivity contribution is 5.94. The first-order valence-corrected chi connectivity index (χ1v) is 5.65. The molecule has 3 N–H and O–H groups in total. The van der Waals surface area contributed by atoms with Gasteiger partial charge in [0.2, 0.25) is 11.8 Å². The Kier molecular flexibility index (Phi) is 4.90. The van der Waals surface area contributed by atoms with Gasteiger partial charge in [0, 0.05) is 6.07 Å². The molecule has 5 nitrogen and oxygen atoms in total. The van der Waals surface area contributed by atoms with E-state index in [-0.39, 0.29) is 11.8 Å². The Balaban J connectivity index is 2.61. The van der Waals surface area contributed by atoms with E-state index < -0.39 is 6.04 Å². The maximum absolute atomic E-state index is 11.8. The molecular weight excluding hydrogens is 218 g/mol. The molecule has 0 fully saturated rings. The largest absolute Gasteiger partial charge is 0.481 e. The van der Waals surface area contributed by atoms with Gasteiger partial charge in [0.05, 0.1) is 25.0 Å². The van der Waals surface area contributed by atoms with E-state index in [2.05, 4.69) is 10.3 Å². The summed E-state index contributed by atoms with van der Waals surface area (Å²) in [4.78, 5) is 15.8. The van der Waals surface area contributed by atoms with Gasteiger partial charge in [0.1, 0.15) is 0 Å². The van der Waals surface area contributed by atoms with Gasteiger partial charge in [-0.1, -0.05) is 20.3 Å². The lowest BCUT2D eigenvalue weighted by atomic mass is 9.99. The number of nitrogens with one attached hydrogen (secondary N) is 1. The average Bonchev–Trinajstić information content (AvgIpc) is 2.37. The monoisotopic (exact) mass is 237 g/mol. The quantitative estimate of drug-likeness (QED) is 0.811. The SMILES string of the molecule is CC[C@H](C)[C@H](N)C(=O)Nc1ccc(OC)nc1. The van der Waals surface area contributed by atoms with Gasteiger partial charge < -0.3 is 15.8 Å². The molecule has 0 aliphatic rings. The Morgan fingerprint density at radius 2 is 2.29 bits per heavy atom. The van der Waals surface area contributed by atoms with Gasteiger partial charge in [-0.3, -0.25) is 4.79 Å². The van der Waals surface area contributed by atoms with Crippen molar-refractivity contribution in [2.24, 2.45) is 11.7 Å². The maximum atomic E-state index is 11.8. The smallest absolute Gasteiger partial charge is 0.241 e. The lowest BCUT2D eigenvalue weighted by molar-refractivity contribution is -0.118. The van der Waals surface area contributed by atoms with E-state index in [0.717, 1.165) is 6.42 Å². The predicted molar refractivity (Wildman–Crippen MR) is 66.8 cm³/mol. The topological polar surface area (TPSA) is 77.2 Å². The molecule has 0 spiro atoms. The molecule has 0 saturated carbocycles. The summed E-state index contributed by atoms with van der Waals surface area (Å²) in [7, 11) is 1.54. The van der Waals surface area contributed by atoms with E-state index in [4.69, 9.17) is 10.5 Å². The Labute approximate surface area is 101 Å². The van der Waals surface area contributed by atoms with Crippen LogP contribution in [0.4, 0.5) is 5.69 Å². The summed E-state index contributed by atoms with van der Waals surface area (Å²) in [5, 5.41) is 2.73. The summed E-state index contributed by atoms with van der Waals surface area (Å²) in [5.74, 6) is 0.474. The third kappa shape index (κ3) is 3.71. The minimum atomic E-state index is -0.498. The number of ether oxygens (including phenoxy) is 1. The number of rotatable bonds is 5. The highest BCUT2D eigenvalue weighted by Gasteiger charge is 2.19. The molecule has 0 aliphatic carbocycles. The molecule has 1 amide bonds. The Bertz CT molecular complexity index is 365. The van der Waals surface area contributed by atoms with Gasteiger partial charge in [0.15, 0.2) is 0 Å². The molecule has 0 aliphatic heterocycles. The maximum Gasteiger partial charge on any atom is 0.241 e. The van der Waals surface area contributed by atoms with Crippen molar-refractivity contribution in [1.82, 2.24) is 4.98 Å². The van der Waals surface area contributed by atoms with Crippen molar-refractivity contribution in [1.29, 1.82) is 0 Å². The van der Waals surface area contributed by atoms with E-state index >= 15 is 0 Å². The van der Waals surface area contributed by atoms with E-state index in [9.17, 15) is 4.79 Å². The highest BCUT2D eigenvalue weighted by atomic mass is 16.5. The first-order chi connectivity index (χ1) is 8.08. The molecular formula is C12H19N3O2. The van der Waals surface area contributed by atoms with Crippen molar-refractivity contribution >= 4 is 11.6 Å². The van der Waals surface area contributed by atoms with E-state index in [0.29, 0.717) is 11.6 Å². The van der Waals surface area contributed by atoms with E-state index in [1.165, 1.54) is 0 Å². The normalized spacial score (nSPS) is 13.9. The van der Waals surface area contributed by atoms with Gasteiger partial charge in [-0.15, -0.1) is 0 Å². The van der Waals surface area contributed by atoms with Gasteiger partial charge >= 0.3 is 0 Å². The van der Waals surface area contributed by atoms with Crippen LogP contribution in [-0.4, -0.2) is 24.0 Å². The summed E-state index contributed by atoms with van der Waals surface area (Å²) in [5.41, 5.74) is 6.44. The van der Waals surface area contributed by atoms with Crippen LogP contribution in [0, 0.1) is 5.92 Å². The fourth-order valence-corrected chi connectivity index (χ4v) is 1.31. The minimum Gasteiger partial charge on any atom is -0.481 e. The van der Waals surface area contributed by atoms with Crippen molar-refractivity contribution in [2.45, 2.75) is 26.3 Å². The van der Waals surface area contributed by atoms with Crippen molar-refractivity contribution in [3.8, 4) is 5.88 Å². The molecule has 0 bridgehead atoms. The molecule has 1 aromatic rings. The number of carbonyl (C=O) groups excluding carboxylic acids is 1. The predicted octanol–water partition coefficient (Wildman–Crippen LogP) is 1.40.